The SMILES string of the molecule is COC[C@H](NC(=O)c1ccc(C2(O)CCCCN(O)C2=O)c(C(F)(F)F)c1)c1nc2ccc(Cl)cc2[nH]1. The van der Waals surface area contributed by atoms with Crippen molar-refractivity contribution in [3.05, 3.63) is 63.9 Å². The van der Waals surface area contributed by atoms with Crippen LogP contribution in [0.15, 0.2) is 36.4 Å². The van der Waals surface area contributed by atoms with Gasteiger partial charge >= 0.3 is 6.18 Å². The molecular weight excluding hydrogens is 517 g/mol. The molecule has 4 rings (SSSR count). The molecule has 198 valence electrons. The third kappa shape index (κ3) is 5.42. The van der Waals surface area contributed by atoms with Gasteiger partial charge in [-0.3, -0.25) is 14.8 Å². The lowest BCUT2D eigenvalue weighted by atomic mass is 9.84. The Hall–Kier alpha value is -3.19. The summed E-state index contributed by atoms with van der Waals surface area (Å²) in [6.45, 7) is -0.151. The van der Waals surface area contributed by atoms with Crippen molar-refractivity contribution in [3.8, 4) is 0 Å². The van der Waals surface area contributed by atoms with E-state index in [-0.39, 0.29) is 36.6 Å². The molecule has 2 amide bonds. The van der Waals surface area contributed by atoms with Crippen LogP contribution in [0.3, 0.4) is 0 Å². The van der Waals surface area contributed by atoms with Crippen LogP contribution in [-0.4, -0.2) is 57.4 Å². The highest BCUT2D eigenvalue weighted by Crippen LogP contribution is 2.41. The van der Waals surface area contributed by atoms with Crippen LogP contribution in [0.1, 0.15) is 52.6 Å². The van der Waals surface area contributed by atoms with Gasteiger partial charge in [-0.25, -0.2) is 10.0 Å². The number of methoxy groups -OCH3 is 1. The molecule has 1 saturated heterocycles. The summed E-state index contributed by atoms with van der Waals surface area (Å²) in [6.07, 6.45) is -4.80. The highest BCUT2D eigenvalue weighted by Gasteiger charge is 2.48. The van der Waals surface area contributed by atoms with Crippen molar-refractivity contribution in [2.24, 2.45) is 0 Å². The molecule has 2 aromatic carbocycles. The van der Waals surface area contributed by atoms with Gasteiger partial charge in [0.05, 0.1) is 23.2 Å². The maximum absolute atomic E-state index is 14.1. The topological polar surface area (TPSA) is 128 Å². The number of imidazole rings is 1. The monoisotopic (exact) mass is 540 g/mol. The van der Waals surface area contributed by atoms with Gasteiger partial charge in [0.15, 0.2) is 5.60 Å². The van der Waals surface area contributed by atoms with E-state index in [4.69, 9.17) is 16.3 Å². The largest absolute Gasteiger partial charge is 0.416 e. The molecule has 13 heteroatoms. The molecular formula is C24H24ClF3N4O5. The number of aromatic nitrogens is 2. The number of H-pyrrole nitrogens is 1. The molecule has 9 nitrogen and oxygen atoms in total. The summed E-state index contributed by atoms with van der Waals surface area (Å²) in [7, 11) is 1.39. The van der Waals surface area contributed by atoms with Gasteiger partial charge < -0.3 is 20.1 Å². The summed E-state index contributed by atoms with van der Waals surface area (Å²) in [4.78, 5) is 33.0. The van der Waals surface area contributed by atoms with Crippen LogP contribution in [0.5, 0.6) is 0 Å². The van der Waals surface area contributed by atoms with Crippen LogP contribution in [0.4, 0.5) is 13.2 Å². The quantitative estimate of drug-likeness (QED) is 0.351. The second-order valence-corrected chi connectivity index (χ2v) is 9.21. The first-order chi connectivity index (χ1) is 17.4. The number of hydrogen-bond acceptors (Lipinski definition) is 6. The van der Waals surface area contributed by atoms with Crippen LogP contribution >= 0.6 is 11.6 Å². The Balaban J connectivity index is 1.68. The summed E-state index contributed by atoms with van der Waals surface area (Å²) in [5.41, 5.74) is -3.88. The van der Waals surface area contributed by atoms with Gasteiger partial charge in [0.1, 0.15) is 11.9 Å². The number of hydrogen-bond donors (Lipinski definition) is 4. The van der Waals surface area contributed by atoms with Gasteiger partial charge in [-0.15, -0.1) is 0 Å². The zero-order valence-corrected chi connectivity index (χ0v) is 20.4. The van der Waals surface area contributed by atoms with Gasteiger partial charge in [0, 0.05) is 29.8 Å². The van der Waals surface area contributed by atoms with Crippen molar-refractivity contribution < 1.29 is 37.8 Å². The summed E-state index contributed by atoms with van der Waals surface area (Å²) in [6, 6.07) is 6.66. The lowest BCUT2D eigenvalue weighted by molar-refractivity contribution is -0.186. The maximum atomic E-state index is 14.1. The van der Waals surface area contributed by atoms with Crippen molar-refractivity contribution in [2.45, 2.75) is 37.1 Å². The summed E-state index contributed by atoms with van der Waals surface area (Å²) in [5.74, 6) is -1.81. The summed E-state index contributed by atoms with van der Waals surface area (Å²) >= 11 is 6.00. The van der Waals surface area contributed by atoms with E-state index in [1.165, 1.54) is 7.11 Å². The van der Waals surface area contributed by atoms with E-state index in [9.17, 15) is 33.1 Å². The van der Waals surface area contributed by atoms with Crippen molar-refractivity contribution >= 4 is 34.4 Å². The molecule has 1 aliphatic heterocycles. The number of rotatable bonds is 6. The molecule has 1 aromatic heterocycles. The third-order valence-corrected chi connectivity index (χ3v) is 6.45. The fourth-order valence-electron chi connectivity index (χ4n) is 4.36. The number of carbonyl (C=O) groups is 2. The number of carbonyl (C=O) groups excluding carboxylic acids is 2. The standard InChI is InChI=1S/C24H24ClF3N4O5/c1-37-12-19(20-29-17-7-5-14(25)11-18(17)30-20)31-21(33)13-4-6-15(16(10-13)24(26,27)28)23(35)8-2-3-9-32(36)22(23)34/h4-7,10-11,19,35-36H,2-3,8-9,12H2,1H3,(H,29,30)(H,31,33)/t19-,23?/m0/s1. The zero-order valence-electron chi connectivity index (χ0n) is 19.6. The molecule has 2 heterocycles. The van der Waals surface area contributed by atoms with Crippen molar-refractivity contribution in [1.29, 1.82) is 0 Å². The van der Waals surface area contributed by atoms with Crippen molar-refractivity contribution in [2.75, 3.05) is 20.3 Å². The number of hydroxylamine groups is 2. The maximum Gasteiger partial charge on any atom is 0.416 e. The lowest BCUT2D eigenvalue weighted by Crippen LogP contribution is -2.45. The molecule has 1 fully saturated rings. The van der Waals surface area contributed by atoms with E-state index in [0.29, 0.717) is 34.4 Å². The molecule has 0 spiro atoms. The van der Waals surface area contributed by atoms with Crippen LogP contribution in [0.2, 0.25) is 5.02 Å². The highest BCUT2D eigenvalue weighted by molar-refractivity contribution is 6.31. The fourth-order valence-corrected chi connectivity index (χ4v) is 4.53. The Kier molecular flexibility index (Phi) is 7.47. The Morgan fingerprint density at radius 3 is 2.76 bits per heavy atom. The third-order valence-electron chi connectivity index (χ3n) is 6.21. The first kappa shape index (κ1) is 26.9. The van der Waals surface area contributed by atoms with Gasteiger partial charge in [-0.05, 0) is 49.6 Å². The molecule has 0 bridgehead atoms. The van der Waals surface area contributed by atoms with E-state index in [2.05, 4.69) is 15.3 Å². The van der Waals surface area contributed by atoms with Crippen molar-refractivity contribution in [1.82, 2.24) is 20.3 Å². The Labute approximate surface area is 214 Å². The van der Waals surface area contributed by atoms with E-state index in [1.807, 2.05) is 0 Å². The first-order valence-corrected chi connectivity index (χ1v) is 11.7. The summed E-state index contributed by atoms with van der Waals surface area (Å²) in [5, 5.41) is 24.2. The number of aliphatic hydroxyl groups is 1. The van der Waals surface area contributed by atoms with Gasteiger partial charge in [-0.2, -0.15) is 13.2 Å². The number of fused-ring (bicyclic) bond motifs is 1. The smallest absolute Gasteiger partial charge is 0.382 e. The average Bonchev–Trinajstić information content (AvgIpc) is 3.22. The van der Waals surface area contributed by atoms with Crippen LogP contribution in [0, 0.1) is 0 Å². The normalized spacial score (nSPS) is 19.6. The van der Waals surface area contributed by atoms with Gasteiger partial charge in [-0.1, -0.05) is 17.7 Å². The molecule has 1 aliphatic rings. The highest BCUT2D eigenvalue weighted by atomic mass is 35.5. The Morgan fingerprint density at radius 2 is 2.05 bits per heavy atom. The number of ether oxygens (including phenoxy) is 1. The molecule has 4 N–H and O–H groups in total. The zero-order chi connectivity index (χ0) is 27.0. The second-order valence-electron chi connectivity index (χ2n) is 8.77. The second kappa shape index (κ2) is 10.3. The molecule has 37 heavy (non-hydrogen) atoms. The number of amides is 2. The van der Waals surface area contributed by atoms with E-state index in [0.717, 1.165) is 12.1 Å². The van der Waals surface area contributed by atoms with Crippen LogP contribution in [0.25, 0.3) is 11.0 Å². The fraction of sp³-hybridized carbons (Fsp3) is 0.375. The minimum atomic E-state index is -5.00. The van der Waals surface area contributed by atoms with Gasteiger partial charge in [0.2, 0.25) is 0 Å². The number of nitrogens with zero attached hydrogens (tertiary/aromatic N) is 2. The number of benzene rings is 2. The van der Waals surface area contributed by atoms with E-state index < -0.39 is 40.8 Å². The number of aromatic amines is 1. The number of alkyl halides is 3. The van der Waals surface area contributed by atoms with Crippen LogP contribution in [-0.2, 0) is 21.3 Å². The average molecular weight is 541 g/mol. The lowest BCUT2D eigenvalue weighted by Gasteiger charge is -2.30. The molecule has 2 atom stereocenters. The predicted octanol–water partition coefficient (Wildman–Crippen LogP) is 3.94. The van der Waals surface area contributed by atoms with E-state index >= 15 is 0 Å². The first-order valence-electron chi connectivity index (χ1n) is 11.3. The minimum absolute atomic E-state index is 0.0376. The molecule has 0 radical (unpaired) electrons. The molecule has 0 saturated carbocycles. The predicted molar refractivity (Wildman–Crippen MR) is 126 cm³/mol. The molecule has 1 unspecified atom stereocenters. The van der Waals surface area contributed by atoms with Gasteiger partial charge in [0.25, 0.3) is 11.8 Å². The minimum Gasteiger partial charge on any atom is -0.382 e. The number of halogens is 4. The molecule has 0 aliphatic carbocycles. The Morgan fingerprint density at radius 1 is 1.30 bits per heavy atom. The van der Waals surface area contributed by atoms with Crippen LogP contribution < -0.4 is 5.32 Å². The number of nitrogens with one attached hydrogen (secondary N) is 2. The van der Waals surface area contributed by atoms with Crippen molar-refractivity contribution in [3.63, 3.8) is 0 Å². The van der Waals surface area contributed by atoms with E-state index in [1.54, 1.807) is 18.2 Å². The Bertz CT molecular complexity index is 1330. The summed E-state index contributed by atoms with van der Waals surface area (Å²) < 4.78 is 47.4. The molecule has 3 aromatic rings.